The lowest BCUT2D eigenvalue weighted by molar-refractivity contribution is -0.116. The Balaban J connectivity index is 1.63. The normalized spacial score (nSPS) is 10.4. The van der Waals surface area contributed by atoms with Gasteiger partial charge in [0.15, 0.2) is 0 Å². The molecule has 130 valence electrons. The highest BCUT2D eigenvalue weighted by molar-refractivity contribution is 5.92. The first-order valence-electron chi connectivity index (χ1n) is 7.83. The molecule has 0 fully saturated rings. The predicted octanol–water partition coefficient (Wildman–Crippen LogP) is 1.43. The summed E-state index contributed by atoms with van der Waals surface area (Å²) in [4.78, 5) is 31.2. The van der Waals surface area contributed by atoms with Crippen LogP contribution in [0.15, 0.2) is 48.9 Å². The number of nitrogens with zero attached hydrogens (tertiary/aromatic N) is 2. The number of nitrogens with one attached hydrogen (secondary N) is 2. The van der Waals surface area contributed by atoms with Gasteiger partial charge in [-0.15, -0.1) is 0 Å². The van der Waals surface area contributed by atoms with Crippen LogP contribution in [-0.4, -0.2) is 42.0 Å². The average Bonchev–Trinajstić information content (AvgIpc) is 2.67. The highest BCUT2D eigenvalue weighted by Crippen LogP contribution is 2.12. The molecular formula is C18H20N4O3. The van der Waals surface area contributed by atoms with Crippen molar-refractivity contribution in [2.45, 2.75) is 6.42 Å². The van der Waals surface area contributed by atoms with Gasteiger partial charge in [-0.25, -0.2) is 4.98 Å². The fourth-order valence-electron chi connectivity index (χ4n) is 1.95. The fourth-order valence-corrected chi connectivity index (χ4v) is 1.95. The van der Waals surface area contributed by atoms with E-state index in [1.807, 2.05) is 24.3 Å². The van der Waals surface area contributed by atoms with Crippen LogP contribution in [0.1, 0.15) is 22.5 Å². The van der Waals surface area contributed by atoms with E-state index in [4.69, 9.17) is 4.74 Å². The summed E-state index contributed by atoms with van der Waals surface area (Å²) in [5, 5.41) is 5.48. The van der Waals surface area contributed by atoms with Gasteiger partial charge in [-0.05, 0) is 30.2 Å². The minimum Gasteiger partial charge on any atom is -0.497 e. The van der Waals surface area contributed by atoms with E-state index in [9.17, 15) is 9.59 Å². The van der Waals surface area contributed by atoms with Crippen LogP contribution in [-0.2, 0) is 4.79 Å². The van der Waals surface area contributed by atoms with Gasteiger partial charge < -0.3 is 15.4 Å². The predicted molar refractivity (Wildman–Crippen MR) is 94.0 cm³/mol. The molecule has 0 saturated heterocycles. The van der Waals surface area contributed by atoms with Crippen molar-refractivity contribution in [2.24, 2.45) is 0 Å². The Hall–Kier alpha value is -3.22. The first-order chi connectivity index (χ1) is 12.2. The molecule has 0 atom stereocenters. The van der Waals surface area contributed by atoms with Crippen LogP contribution in [0.4, 0.5) is 0 Å². The quantitative estimate of drug-likeness (QED) is 0.560. The summed E-state index contributed by atoms with van der Waals surface area (Å²) < 4.78 is 5.08. The zero-order chi connectivity index (χ0) is 17.9. The monoisotopic (exact) mass is 340 g/mol. The van der Waals surface area contributed by atoms with E-state index >= 15 is 0 Å². The van der Waals surface area contributed by atoms with Crippen LogP contribution >= 0.6 is 0 Å². The third-order valence-electron chi connectivity index (χ3n) is 3.28. The molecule has 2 N–H and O–H groups in total. The van der Waals surface area contributed by atoms with E-state index in [1.54, 1.807) is 13.2 Å². The van der Waals surface area contributed by atoms with Gasteiger partial charge in [0.25, 0.3) is 5.91 Å². The maximum Gasteiger partial charge on any atom is 0.271 e. The van der Waals surface area contributed by atoms with Gasteiger partial charge in [0.2, 0.25) is 5.91 Å². The topological polar surface area (TPSA) is 93.2 Å². The Labute approximate surface area is 146 Å². The van der Waals surface area contributed by atoms with Crippen molar-refractivity contribution < 1.29 is 14.3 Å². The van der Waals surface area contributed by atoms with E-state index < -0.39 is 0 Å². The summed E-state index contributed by atoms with van der Waals surface area (Å²) in [5.41, 5.74) is 1.18. The molecule has 1 heterocycles. The molecule has 25 heavy (non-hydrogen) atoms. The van der Waals surface area contributed by atoms with Gasteiger partial charge in [-0.2, -0.15) is 0 Å². The second-order valence-corrected chi connectivity index (χ2v) is 5.10. The van der Waals surface area contributed by atoms with Crippen molar-refractivity contribution >= 4 is 17.9 Å². The summed E-state index contributed by atoms with van der Waals surface area (Å²) in [6, 6.07) is 7.39. The summed E-state index contributed by atoms with van der Waals surface area (Å²) in [6.45, 7) is 0.907. The molecule has 0 unspecified atom stereocenters. The van der Waals surface area contributed by atoms with E-state index in [2.05, 4.69) is 20.6 Å². The van der Waals surface area contributed by atoms with Gasteiger partial charge >= 0.3 is 0 Å². The Bertz CT molecular complexity index is 715. The van der Waals surface area contributed by atoms with Crippen molar-refractivity contribution in [1.82, 2.24) is 20.6 Å². The van der Waals surface area contributed by atoms with Crippen molar-refractivity contribution in [2.75, 3.05) is 20.2 Å². The number of carbonyl (C=O) groups is 2. The number of carbonyl (C=O) groups excluding carboxylic acids is 2. The maximum atomic E-state index is 11.7. The largest absolute Gasteiger partial charge is 0.497 e. The molecule has 2 rings (SSSR count). The molecule has 7 nitrogen and oxygen atoms in total. The number of ether oxygens (including phenoxy) is 1. The second-order valence-electron chi connectivity index (χ2n) is 5.10. The molecule has 0 aliphatic heterocycles. The lowest BCUT2D eigenvalue weighted by Crippen LogP contribution is -2.29. The van der Waals surface area contributed by atoms with Crippen LogP contribution in [0.25, 0.3) is 6.08 Å². The number of benzene rings is 1. The first kappa shape index (κ1) is 18.1. The number of amides is 2. The molecule has 0 saturated carbocycles. The van der Waals surface area contributed by atoms with E-state index in [0.29, 0.717) is 19.5 Å². The summed E-state index contributed by atoms with van der Waals surface area (Å²) in [7, 11) is 1.61. The van der Waals surface area contributed by atoms with Crippen molar-refractivity contribution in [3.8, 4) is 5.75 Å². The van der Waals surface area contributed by atoms with Crippen molar-refractivity contribution in [3.05, 3.63) is 60.2 Å². The third kappa shape index (κ3) is 6.42. The highest BCUT2D eigenvalue weighted by atomic mass is 16.5. The molecule has 0 spiro atoms. The minimum absolute atomic E-state index is 0.184. The van der Waals surface area contributed by atoms with Crippen molar-refractivity contribution in [1.29, 1.82) is 0 Å². The smallest absolute Gasteiger partial charge is 0.271 e. The maximum absolute atomic E-state index is 11.7. The molecule has 7 heteroatoms. The van der Waals surface area contributed by atoms with Gasteiger partial charge in [-0.1, -0.05) is 12.1 Å². The van der Waals surface area contributed by atoms with Crippen LogP contribution in [0, 0.1) is 0 Å². The molecular weight excluding hydrogens is 320 g/mol. The van der Waals surface area contributed by atoms with Gasteiger partial charge in [-0.3, -0.25) is 14.6 Å². The number of hydrogen-bond donors (Lipinski definition) is 2. The van der Waals surface area contributed by atoms with Gasteiger partial charge in [0, 0.05) is 31.6 Å². The molecule has 0 radical (unpaired) electrons. The molecule has 0 aliphatic carbocycles. The molecule has 0 aliphatic rings. The van der Waals surface area contributed by atoms with Crippen LogP contribution in [0.5, 0.6) is 5.75 Å². The Kier molecular flexibility index (Phi) is 7.12. The Morgan fingerprint density at radius 1 is 1.12 bits per heavy atom. The average molecular weight is 340 g/mol. The molecule has 2 amide bonds. The molecule has 2 aromatic rings. The van der Waals surface area contributed by atoms with Crippen molar-refractivity contribution in [3.63, 3.8) is 0 Å². The summed E-state index contributed by atoms with van der Waals surface area (Å²) in [6.07, 6.45) is 8.19. The molecule has 0 bridgehead atoms. The van der Waals surface area contributed by atoms with Crippen LogP contribution in [0.3, 0.4) is 0 Å². The zero-order valence-electron chi connectivity index (χ0n) is 13.9. The lowest BCUT2D eigenvalue weighted by atomic mass is 10.2. The molecule has 1 aromatic carbocycles. The second kappa shape index (κ2) is 9.82. The van der Waals surface area contributed by atoms with Crippen LogP contribution < -0.4 is 15.4 Å². The molecule has 1 aromatic heterocycles. The Morgan fingerprint density at radius 3 is 2.56 bits per heavy atom. The van der Waals surface area contributed by atoms with Gasteiger partial charge in [0.05, 0.1) is 13.3 Å². The van der Waals surface area contributed by atoms with Crippen LogP contribution in [0.2, 0.25) is 0 Å². The summed E-state index contributed by atoms with van der Waals surface area (Å²) in [5.74, 6) is 0.306. The SMILES string of the molecule is COc1ccc(/C=C/C(=O)NCCCNC(=O)c2cnccn2)cc1. The van der Waals surface area contributed by atoms with E-state index in [0.717, 1.165) is 11.3 Å². The summed E-state index contributed by atoms with van der Waals surface area (Å²) >= 11 is 0. The Morgan fingerprint density at radius 2 is 1.88 bits per heavy atom. The fraction of sp³-hybridized carbons (Fsp3) is 0.222. The first-order valence-corrected chi connectivity index (χ1v) is 7.83. The van der Waals surface area contributed by atoms with Gasteiger partial charge in [0.1, 0.15) is 11.4 Å². The van der Waals surface area contributed by atoms with E-state index in [1.165, 1.54) is 24.7 Å². The standard InChI is InChI=1S/C18H20N4O3/c1-25-15-6-3-14(4-7-15)5-8-17(23)21-9-2-10-22-18(24)16-13-19-11-12-20-16/h3-8,11-13H,2,9-10H2,1H3,(H,21,23)(H,22,24)/b8-5+. The number of methoxy groups -OCH3 is 1. The number of hydrogen-bond acceptors (Lipinski definition) is 5. The number of rotatable bonds is 8. The minimum atomic E-state index is -0.279. The zero-order valence-corrected chi connectivity index (χ0v) is 13.9. The number of aromatic nitrogens is 2. The highest BCUT2D eigenvalue weighted by Gasteiger charge is 2.05. The lowest BCUT2D eigenvalue weighted by Gasteiger charge is -2.05. The third-order valence-corrected chi connectivity index (χ3v) is 3.28. The van der Waals surface area contributed by atoms with E-state index in [-0.39, 0.29) is 17.5 Å².